The van der Waals surface area contributed by atoms with Gasteiger partial charge in [-0.2, -0.15) is 8.42 Å². The van der Waals surface area contributed by atoms with E-state index < -0.39 is 313 Å². The van der Waals surface area contributed by atoms with Crippen LogP contribution in [-0.4, -0.2) is 417 Å². The van der Waals surface area contributed by atoms with Crippen LogP contribution in [0.2, 0.25) is 0 Å². The van der Waals surface area contributed by atoms with Gasteiger partial charge in [0.1, 0.15) is 159 Å². The third-order valence-corrected chi connectivity index (χ3v) is 17.4. The van der Waals surface area contributed by atoms with Crippen LogP contribution in [0.5, 0.6) is 0 Å². The van der Waals surface area contributed by atoms with Crippen molar-refractivity contribution in [3.05, 3.63) is 0 Å². The summed E-state index contributed by atoms with van der Waals surface area (Å²) in [5, 5.41) is 239. The van der Waals surface area contributed by atoms with Crippen LogP contribution < -0.4 is 21.3 Å². The lowest BCUT2D eigenvalue weighted by molar-refractivity contribution is -0.390. The fourth-order valence-corrected chi connectivity index (χ4v) is 12.4. The topological polar surface area (TPSA) is 733 Å². The zero-order valence-corrected chi connectivity index (χ0v) is 54.2. The number of carbonyl (C=O) groups excluding carboxylic acids is 4. The molecule has 0 aliphatic carbocycles. The number of nitrogens with one attached hydrogen (secondary N) is 4. The molecule has 26 N–H and O–H groups in total. The normalized spacial score (nSPS) is 41.5. The van der Waals surface area contributed by atoms with Crippen LogP contribution in [0.1, 0.15) is 34.1 Å². The van der Waals surface area contributed by atoms with Crippen molar-refractivity contribution < 1.29 is 205 Å². The molecule has 6 fully saturated rings. The number of aliphatic carboxylic acids is 1. The molecule has 0 saturated carbocycles. The van der Waals surface area contributed by atoms with Crippen LogP contribution >= 0.6 is 0 Å². The molecule has 0 aromatic rings. The first kappa shape index (κ1) is 84.9. The minimum Gasteiger partial charge on any atom is -0.477 e. The molecule has 580 valence electrons. The number of aliphatic hydroxyl groups is 20. The van der Waals surface area contributed by atoms with E-state index in [1.165, 1.54) is 0 Å². The standard InChI is InChI=1S/C53H90N4O42S/c1-14(65)54-18(6-58)40(30(72)20(70)7-59)93-49-37(79)44(32(74)22(9-61)88-49)96-47-28(56-16(3)67)35(77)41(25(12-64)91-47)94-50-38(80)45(33(75)23(10-62)89-50)97-48-29(57-17(4)68)36(78)42(26(92-48)13-87-100(84,85)86)95-51-39(81)46(34(76)24(11-63)90-51)99-53(52(82)83)5-19(69)27(55-15(2)66)43(98-53)31(73)21(71)8-60/h18-51,58-64,69-81H,5-13H2,1-4H3,(H,54,65)(H,55,66)(H,56,67)(H,57,68)(H,82,83)(H,84,85,86)/t18-,19-,20+,21+,22+,23+,24+,25+,26+,27+,28+,29+,30-,31+,32-,33-,34-,35+,36+,37+,38+,39+,40+,41+,42+,43+,44-,45-,46-,47-,48-,49-,50-,51-,53-/m0/s1. The molecule has 46 nitrogen and oxygen atoms in total. The summed E-state index contributed by atoms with van der Waals surface area (Å²) in [4.78, 5) is 63.1. The van der Waals surface area contributed by atoms with Crippen LogP contribution in [0.15, 0.2) is 0 Å². The van der Waals surface area contributed by atoms with Gasteiger partial charge in [0.15, 0.2) is 31.5 Å². The molecule has 0 aromatic heterocycles. The molecule has 35 atom stereocenters. The van der Waals surface area contributed by atoms with Crippen LogP contribution in [0, 0.1) is 0 Å². The van der Waals surface area contributed by atoms with Gasteiger partial charge in [-0.1, -0.05) is 0 Å². The van der Waals surface area contributed by atoms with E-state index in [2.05, 4.69) is 25.5 Å². The van der Waals surface area contributed by atoms with Gasteiger partial charge < -0.3 is 185 Å². The Hall–Kier alpha value is -4.06. The smallest absolute Gasteiger partial charge is 0.397 e. The highest BCUT2D eigenvalue weighted by Gasteiger charge is 2.62. The van der Waals surface area contributed by atoms with Gasteiger partial charge >= 0.3 is 16.4 Å². The first-order chi connectivity index (χ1) is 46.9. The highest BCUT2D eigenvalue weighted by molar-refractivity contribution is 7.80. The average Bonchev–Trinajstić information content (AvgIpc) is 0.760. The lowest BCUT2D eigenvalue weighted by Crippen LogP contribution is -2.71. The van der Waals surface area contributed by atoms with E-state index in [1.807, 2.05) is 0 Å². The second-order valence-corrected chi connectivity index (χ2v) is 25.3. The summed E-state index contributed by atoms with van der Waals surface area (Å²) >= 11 is 0. The number of aliphatic hydroxyl groups excluding tert-OH is 20. The quantitative estimate of drug-likeness (QED) is 0.0278. The van der Waals surface area contributed by atoms with Crippen molar-refractivity contribution in [1.82, 2.24) is 21.3 Å². The zero-order valence-electron chi connectivity index (χ0n) is 53.4. The number of amides is 4. The molecule has 47 heteroatoms. The van der Waals surface area contributed by atoms with E-state index in [0.29, 0.717) is 0 Å². The molecule has 0 radical (unpaired) electrons. The van der Waals surface area contributed by atoms with Crippen LogP contribution in [0.25, 0.3) is 0 Å². The summed E-state index contributed by atoms with van der Waals surface area (Å²) < 4.78 is 108. The molecule has 4 amide bonds. The second-order valence-electron chi connectivity index (χ2n) is 24.2. The predicted molar refractivity (Wildman–Crippen MR) is 308 cm³/mol. The highest BCUT2D eigenvalue weighted by atomic mass is 32.3. The maximum absolute atomic E-state index is 13.1. The number of ether oxygens (including phenoxy) is 12. The lowest BCUT2D eigenvalue weighted by atomic mass is 9.88. The fraction of sp³-hybridized carbons (Fsp3) is 0.906. The molecule has 6 rings (SSSR count). The van der Waals surface area contributed by atoms with Crippen LogP contribution in [0.4, 0.5) is 0 Å². The van der Waals surface area contributed by atoms with Crippen molar-refractivity contribution in [2.45, 2.75) is 248 Å². The number of carbonyl (C=O) groups is 5. The highest BCUT2D eigenvalue weighted by Crippen LogP contribution is 2.41. The molecule has 0 spiro atoms. The molecule has 0 aromatic carbocycles. The van der Waals surface area contributed by atoms with Gasteiger partial charge in [0.2, 0.25) is 23.6 Å². The Morgan fingerprint density at radius 3 is 1.31 bits per heavy atom. The van der Waals surface area contributed by atoms with Crippen molar-refractivity contribution in [2.75, 3.05) is 52.9 Å². The maximum atomic E-state index is 13.1. The molecule has 6 heterocycles. The maximum Gasteiger partial charge on any atom is 0.397 e. The van der Waals surface area contributed by atoms with E-state index in [-0.39, 0.29) is 0 Å². The first-order valence-corrected chi connectivity index (χ1v) is 32.2. The Morgan fingerprint density at radius 1 is 0.490 bits per heavy atom. The van der Waals surface area contributed by atoms with Gasteiger partial charge in [0.05, 0.1) is 71.0 Å². The molecule has 6 aliphatic heterocycles. The fourth-order valence-electron chi connectivity index (χ4n) is 12.1. The van der Waals surface area contributed by atoms with Crippen molar-refractivity contribution in [3.8, 4) is 0 Å². The minimum atomic E-state index is -5.54. The number of carboxylic acid groups (broad SMARTS) is 1. The van der Waals surface area contributed by atoms with Gasteiger partial charge in [-0.3, -0.25) is 23.7 Å². The molecular weight excluding hydrogens is 1400 g/mol. The molecule has 0 unspecified atom stereocenters. The Bertz CT molecular complexity index is 2760. The lowest BCUT2D eigenvalue weighted by Gasteiger charge is -2.51. The number of rotatable bonds is 32. The third kappa shape index (κ3) is 20.1. The molecule has 6 saturated heterocycles. The van der Waals surface area contributed by atoms with E-state index >= 15 is 0 Å². The molecule has 6 aliphatic rings. The summed E-state index contributed by atoms with van der Waals surface area (Å²) in [6.45, 7) is -5.86. The van der Waals surface area contributed by atoms with Crippen LogP contribution in [0.3, 0.4) is 0 Å². The zero-order chi connectivity index (χ0) is 74.9. The van der Waals surface area contributed by atoms with Crippen molar-refractivity contribution in [1.29, 1.82) is 0 Å². The Balaban J connectivity index is 1.28. The number of carboxylic acids is 1. The van der Waals surface area contributed by atoms with E-state index in [9.17, 15) is 144 Å². The van der Waals surface area contributed by atoms with Gasteiger partial charge in [0, 0.05) is 34.1 Å². The number of hydrogen-bond acceptors (Lipinski definition) is 40. The number of hydrogen-bond donors (Lipinski definition) is 26. The van der Waals surface area contributed by atoms with Gasteiger partial charge in [0.25, 0.3) is 5.79 Å². The average molecular weight is 1490 g/mol. The monoisotopic (exact) mass is 1490 g/mol. The molecule has 0 bridgehead atoms. The van der Waals surface area contributed by atoms with Crippen LogP contribution in [-0.2, 0) is 95.4 Å². The van der Waals surface area contributed by atoms with Crippen molar-refractivity contribution >= 4 is 40.0 Å². The Kier molecular flexibility index (Phi) is 31.2. The van der Waals surface area contributed by atoms with Crippen molar-refractivity contribution in [3.63, 3.8) is 0 Å². The van der Waals surface area contributed by atoms with Crippen molar-refractivity contribution in [2.24, 2.45) is 0 Å². The van der Waals surface area contributed by atoms with E-state index in [4.69, 9.17) is 56.8 Å². The van der Waals surface area contributed by atoms with E-state index in [1.54, 1.807) is 0 Å². The summed E-state index contributed by atoms with van der Waals surface area (Å²) in [5.74, 6) is -9.23. The summed E-state index contributed by atoms with van der Waals surface area (Å²) in [6.07, 6.45) is -67.6. The summed E-state index contributed by atoms with van der Waals surface area (Å²) in [5.41, 5.74) is 0. The largest absolute Gasteiger partial charge is 0.477 e. The molecular formula is C53H90N4O42S. The SMILES string of the molecule is CC(=O)N[C@H]1[C@H](O[C@H]2[C@@H](O)[C@@H](CO)O[C@@H](O[C@@H]([C@@H](O)[C@H](O)CO)[C@H](CO)NC(C)=O)[C@@H]2O)O[C@H](CO)[C@@H](O[C@@H]2O[C@H](CO)[C@H](O)[C@H](O[C@@H]3O[C@H](COS(=O)(=O)O)[C@@H](O[C@@H]4O[C@H](CO)[C@H](O)[C@H](O[C@]5(C(=O)O)C[C@H](O)[C@@H](NC(C)=O)[C@H]([C@H](O)[C@H](O)CO)O5)[C@H]4O)[C@H](O)[C@H]3NC(C)=O)[C@H]2O)[C@@H]1O. The van der Waals surface area contributed by atoms with Gasteiger partial charge in [-0.05, 0) is 0 Å². The van der Waals surface area contributed by atoms with E-state index in [0.717, 1.165) is 27.7 Å². The first-order valence-electron chi connectivity index (χ1n) is 30.8. The summed E-state index contributed by atoms with van der Waals surface area (Å²) in [7, 11) is -5.54. The predicted octanol–water partition coefficient (Wildman–Crippen LogP) is -17.0. The third-order valence-electron chi connectivity index (χ3n) is 17.0. The van der Waals surface area contributed by atoms with Gasteiger partial charge in [-0.25, -0.2) is 8.98 Å². The van der Waals surface area contributed by atoms with Gasteiger partial charge in [-0.15, -0.1) is 0 Å². The Labute approximate surface area is 566 Å². The summed E-state index contributed by atoms with van der Waals surface area (Å²) in [6, 6.07) is -7.46. The minimum absolute atomic E-state index is 0.812. The molecule has 100 heavy (non-hydrogen) atoms. The Morgan fingerprint density at radius 2 is 0.890 bits per heavy atom. The second kappa shape index (κ2) is 36.8.